The Morgan fingerprint density at radius 2 is 1.54 bits per heavy atom. The van der Waals surface area contributed by atoms with Crippen LogP contribution in [-0.4, -0.2) is 12.1 Å². The molecule has 0 bridgehead atoms. The van der Waals surface area contributed by atoms with E-state index in [0.717, 1.165) is 61.5 Å². The predicted octanol–water partition coefficient (Wildman–Crippen LogP) is 8.21. The number of carbonyl (C=O) groups is 2. The van der Waals surface area contributed by atoms with Crippen LogP contribution in [0.2, 0.25) is 0 Å². The van der Waals surface area contributed by atoms with Crippen molar-refractivity contribution in [3.63, 3.8) is 0 Å². The maximum absolute atomic E-state index is 13.0. The molecule has 37 heavy (non-hydrogen) atoms. The summed E-state index contributed by atoms with van der Waals surface area (Å²) in [5, 5.41) is 0. The molecule has 3 unspecified atom stereocenters. The van der Waals surface area contributed by atoms with Crippen LogP contribution < -0.4 is 0 Å². The van der Waals surface area contributed by atoms with Crippen LogP contribution in [0.15, 0.2) is 90.6 Å². The molecule has 0 N–H and O–H groups in total. The summed E-state index contributed by atoms with van der Waals surface area (Å²) in [5.74, 6) is 0.325. The van der Waals surface area contributed by atoms with Gasteiger partial charge in [-0.1, -0.05) is 96.1 Å². The molecule has 1 fully saturated rings. The van der Waals surface area contributed by atoms with E-state index in [1.807, 2.05) is 0 Å². The van der Waals surface area contributed by atoms with Crippen molar-refractivity contribution in [3.8, 4) is 0 Å². The maximum atomic E-state index is 13.0. The molecule has 0 heterocycles. The van der Waals surface area contributed by atoms with Crippen LogP contribution in [-0.2, 0) is 22.4 Å². The minimum absolute atomic E-state index is 0.00835. The topological polar surface area (TPSA) is 34.1 Å². The summed E-state index contributed by atoms with van der Waals surface area (Å²) in [5.41, 5.74) is 9.70. The number of hydrogen-bond acceptors (Lipinski definition) is 2. The van der Waals surface area contributed by atoms with Crippen LogP contribution in [0.5, 0.6) is 0 Å². The van der Waals surface area contributed by atoms with Gasteiger partial charge in [0, 0.05) is 18.3 Å². The predicted molar refractivity (Wildman–Crippen MR) is 154 cm³/mol. The number of benzene rings is 2. The quantitative estimate of drug-likeness (QED) is 0.247. The fourth-order valence-electron chi connectivity index (χ4n) is 5.75. The molecule has 2 aliphatic carbocycles. The Balaban J connectivity index is 1.30. The Kier molecular flexibility index (Phi) is 8.92. The van der Waals surface area contributed by atoms with Crippen molar-refractivity contribution in [2.75, 3.05) is 0 Å². The van der Waals surface area contributed by atoms with E-state index in [1.165, 1.54) is 27.8 Å². The number of hydrogen-bond donors (Lipinski definition) is 0. The van der Waals surface area contributed by atoms with Crippen LogP contribution in [0.1, 0.15) is 67.7 Å². The molecule has 0 aromatic heterocycles. The summed E-state index contributed by atoms with van der Waals surface area (Å²) in [6, 6.07) is 17.2. The normalized spacial score (nSPS) is 21.5. The van der Waals surface area contributed by atoms with Crippen molar-refractivity contribution in [1.29, 1.82) is 0 Å². The van der Waals surface area contributed by atoms with Crippen molar-refractivity contribution in [2.24, 2.45) is 17.8 Å². The van der Waals surface area contributed by atoms with Crippen LogP contribution in [0.25, 0.3) is 5.57 Å². The molecule has 2 nitrogen and oxygen atoms in total. The smallest absolute Gasteiger partial charge is 0.140 e. The zero-order valence-corrected chi connectivity index (χ0v) is 22.5. The molecular formula is C35H40O2. The van der Waals surface area contributed by atoms with Gasteiger partial charge in [-0.2, -0.15) is 0 Å². The molecule has 0 aliphatic heterocycles. The molecule has 0 saturated heterocycles. The summed E-state index contributed by atoms with van der Waals surface area (Å²) in [6.45, 7) is 12.9. The largest absolute Gasteiger partial charge is 0.303 e. The molecule has 2 aromatic carbocycles. The number of allylic oxidation sites excluding steroid dienone is 6. The van der Waals surface area contributed by atoms with Crippen molar-refractivity contribution >= 4 is 17.6 Å². The Labute approximate surface area is 222 Å². The second-order valence-electron chi connectivity index (χ2n) is 11.2. The molecule has 1 saturated carbocycles. The van der Waals surface area contributed by atoms with Gasteiger partial charge in [0.25, 0.3) is 0 Å². The third-order valence-corrected chi connectivity index (χ3v) is 8.21. The molecule has 0 spiro atoms. The minimum Gasteiger partial charge on any atom is -0.303 e. The lowest BCUT2D eigenvalue weighted by molar-refractivity contribution is -0.125. The fourth-order valence-corrected chi connectivity index (χ4v) is 5.75. The zero-order valence-electron chi connectivity index (χ0n) is 22.5. The van der Waals surface area contributed by atoms with E-state index in [4.69, 9.17) is 0 Å². The first-order valence-corrected chi connectivity index (χ1v) is 13.6. The third kappa shape index (κ3) is 7.16. The van der Waals surface area contributed by atoms with Gasteiger partial charge < -0.3 is 4.79 Å². The highest BCUT2D eigenvalue weighted by Gasteiger charge is 2.34. The molecule has 0 amide bonds. The highest BCUT2D eigenvalue weighted by Crippen LogP contribution is 2.39. The van der Waals surface area contributed by atoms with Gasteiger partial charge in [0.05, 0.1) is 0 Å². The molecule has 2 aromatic rings. The van der Waals surface area contributed by atoms with Gasteiger partial charge in [0.15, 0.2) is 0 Å². The number of aldehydes is 1. The lowest BCUT2D eigenvalue weighted by Gasteiger charge is -2.34. The second kappa shape index (κ2) is 12.3. The van der Waals surface area contributed by atoms with Crippen LogP contribution in [0.3, 0.4) is 0 Å². The van der Waals surface area contributed by atoms with Gasteiger partial charge >= 0.3 is 0 Å². The summed E-state index contributed by atoms with van der Waals surface area (Å²) < 4.78 is 0. The van der Waals surface area contributed by atoms with Crippen LogP contribution >= 0.6 is 0 Å². The van der Waals surface area contributed by atoms with E-state index >= 15 is 0 Å². The fraction of sp³-hybridized carbons (Fsp3) is 0.371. The van der Waals surface area contributed by atoms with Crippen molar-refractivity contribution < 1.29 is 9.59 Å². The average molecular weight is 493 g/mol. The number of aryl methyl sites for hydroxylation is 1. The molecule has 4 rings (SSSR count). The monoisotopic (exact) mass is 492 g/mol. The number of Topliss-reactive ketones (excluding diaryl/α,β-unsaturated/α-hetero) is 1. The van der Waals surface area contributed by atoms with E-state index in [1.54, 1.807) is 0 Å². The Bertz CT molecular complexity index is 1210. The molecule has 0 radical (unpaired) electrons. The standard InChI is InChI=1S/C35H40O2/c1-24-5-9-28(10-6-24)19-26(3)31-15-13-29(14-16-31)20-27(4)34-18-17-32(22-33(34)23-36)35(37)21-30-11-7-25(2)8-12-30/h5-7,9-10,12-16,23,32-34H,3-4,8,11,17-22H2,1-2H3. The molecule has 2 heteroatoms. The minimum atomic E-state index is -0.119. The first-order chi connectivity index (χ1) is 17.8. The molecule has 2 aliphatic rings. The number of carbonyl (C=O) groups excluding carboxylic acids is 2. The molecular weight excluding hydrogens is 452 g/mol. The van der Waals surface area contributed by atoms with E-state index in [9.17, 15) is 9.59 Å². The van der Waals surface area contributed by atoms with Gasteiger partial charge in [-0.25, -0.2) is 0 Å². The molecule has 192 valence electrons. The van der Waals surface area contributed by atoms with E-state index in [2.05, 4.69) is 87.7 Å². The summed E-state index contributed by atoms with van der Waals surface area (Å²) in [6.07, 6.45) is 11.9. The Morgan fingerprint density at radius 3 is 2.19 bits per heavy atom. The van der Waals surface area contributed by atoms with Crippen molar-refractivity contribution in [1.82, 2.24) is 0 Å². The van der Waals surface area contributed by atoms with Crippen LogP contribution in [0, 0.1) is 24.7 Å². The SMILES string of the molecule is C=C(Cc1ccc(C)cc1)c1ccc(CC(=C)C2CCC(C(=O)CC3=CCC(C)=CC3)CC2C=O)cc1. The van der Waals surface area contributed by atoms with Gasteiger partial charge in [0.1, 0.15) is 12.1 Å². The zero-order chi connectivity index (χ0) is 26.4. The summed E-state index contributed by atoms with van der Waals surface area (Å²) in [7, 11) is 0. The lowest BCUT2D eigenvalue weighted by Crippen LogP contribution is -2.31. The van der Waals surface area contributed by atoms with Crippen molar-refractivity contribution in [3.05, 3.63) is 113 Å². The van der Waals surface area contributed by atoms with Gasteiger partial charge in [-0.05, 0) is 87.0 Å². The first-order valence-electron chi connectivity index (χ1n) is 13.6. The summed E-state index contributed by atoms with van der Waals surface area (Å²) >= 11 is 0. The Hall–Kier alpha value is -3.26. The van der Waals surface area contributed by atoms with Gasteiger partial charge in [0.2, 0.25) is 0 Å². The number of rotatable bonds is 10. The third-order valence-electron chi connectivity index (χ3n) is 8.21. The van der Waals surface area contributed by atoms with E-state index < -0.39 is 0 Å². The maximum Gasteiger partial charge on any atom is 0.140 e. The lowest BCUT2D eigenvalue weighted by atomic mass is 9.69. The Morgan fingerprint density at radius 1 is 0.865 bits per heavy atom. The average Bonchev–Trinajstić information content (AvgIpc) is 2.91. The summed E-state index contributed by atoms with van der Waals surface area (Å²) in [4.78, 5) is 25.0. The van der Waals surface area contributed by atoms with Crippen LogP contribution in [0.4, 0.5) is 0 Å². The second-order valence-corrected chi connectivity index (χ2v) is 11.2. The highest BCUT2D eigenvalue weighted by atomic mass is 16.1. The number of ketones is 1. The van der Waals surface area contributed by atoms with E-state index in [0.29, 0.717) is 18.6 Å². The van der Waals surface area contributed by atoms with Crippen molar-refractivity contribution in [2.45, 2.75) is 65.2 Å². The van der Waals surface area contributed by atoms with Gasteiger partial charge in [-0.15, -0.1) is 0 Å². The van der Waals surface area contributed by atoms with Gasteiger partial charge in [-0.3, -0.25) is 4.79 Å². The molecule has 3 atom stereocenters. The highest BCUT2D eigenvalue weighted by molar-refractivity contribution is 5.84. The first kappa shape index (κ1) is 26.8. The van der Waals surface area contributed by atoms with E-state index in [-0.39, 0.29) is 17.8 Å².